The molecule has 0 fully saturated rings. The Labute approximate surface area is 135 Å². The van der Waals surface area contributed by atoms with Crippen LogP contribution in [0.1, 0.15) is 13.3 Å². The largest absolute Gasteiger partial charge is 0.397 e. The van der Waals surface area contributed by atoms with Gasteiger partial charge in [0.25, 0.3) is 0 Å². The third kappa shape index (κ3) is 5.36. The number of likely N-dealkylation sites (N-methyl/N-ethyl adjacent to an activating group) is 1. The number of carbonyl (C=O) groups is 1. The number of nitrogens with zero attached hydrogens (tertiary/aromatic N) is 1. The standard InChI is InChI=1S/C14H21Cl2N3O2/c1-9(19(2)5-4-6-21-3)14(20)18-13-11(16)7-10(15)8-12(13)17/h7-9H,4-6,17H2,1-3H3,(H,18,20). The molecule has 0 heterocycles. The summed E-state index contributed by atoms with van der Waals surface area (Å²) in [5, 5.41) is 3.50. The highest BCUT2D eigenvalue weighted by molar-refractivity contribution is 6.37. The molecule has 21 heavy (non-hydrogen) atoms. The Bertz CT molecular complexity index is 474. The van der Waals surface area contributed by atoms with Crippen LogP contribution in [0.5, 0.6) is 0 Å². The van der Waals surface area contributed by atoms with Gasteiger partial charge in [0, 0.05) is 25.3 Å². The highest BCUT2D eigenvalue weighted by Crippen LogP contribution is 2.32. The Balaban J connectivity index is 2.68. The van der Waals surface area contributed by atoms with Crippen LogP contribution >= 0.6 is 23.2 Å². The van der Waals surface area contributed by atoms with Crippen LogP contribution in [0.4, 0.5) is 11.4 Å². The van der Waals surface area contributed by atoms with Gasteiger partial charge in [-0.1, -0.05) is 23.2 Å². The fraction of sp³-hybridized carbons (Fsp3) is 0.500. The van der Waals surface area contributed by atoms with E-state index in [0.717, 1.165) is 13.0 Å². The molecule has 1 rings (SSSR count). The number of nitrogens with two attached hydrogens (primary N) is 1. The number of anilines is 2. The first kappa shape index (κ1) is 18.0. The molecule has 7 heteroatoms. The van der Waals surface area contributed by atoms with Crippen molar-refractivity contribution in [2.75, 3.05) is 38.4 Å². The number of halogens is 2. The molecule has 0 radical (unpaired) electrons. The summed E-state index contributed by atoms with van der Waals surface area (Å²) < 4.78 is 5.00. The first-order valence-corrected chi connectivity index (χ1v) is 7.37. The average molecular weight is 334 g/mol. The van der Waals surface area contributed by atoms with Gasteiger partial charge in [0.2, 0.25) is 5.91 Å². The molecule has 0 aromatic heterocycles. The van der Waals surface area contributed by atoms with E-state index in [0.29, 0.717) is 28.0 Å². The minimum Gasteiger partial charge on any atom is -0.397 e. The number of rotatable bonds is 7. The fourth-order valence-corrected chi connectivity index (χ4v) is 2.36. The van der Waals surface area contributed by atoms with Gasteiger partial charge in [-0.05, 0) is 32.5 Å². The van der Waals surface area contributed by atoms with Crippen molar-refractivity contribution in [2.45, 2.75) is 19.4 Å². The molecule has 1 atom stereocenters. The van der Waals surface area contributed by atoms with Crippen molar-refractivity contribution in [1.82, 2.24) is 4.90 Å². The zero-order valence-corrected chi connectivity index (χ0v) is 14.0. The Morgan fingerprint density at radius 1 is 1.48 bits per heavy atom. The van der Waals surface area contributed by atoms with E-state index >= 15 is 0 Å². The zero-order chi connectivity index (χ0) is 16.0. The van der Waals surface area contributed by atoms with Gasteiger partial charge in [-0.3, -0.25) is 9.69 Å². The number of nitrogen functional groups attached to an aromatic ring is 1. The average Bonchev–Trinajstić information content (AvgIpc) is 2.41. The first-order chi connectivity index (χ1) is 9.86. The lowest BCUT2D eigenvalue weighted by atomic mass is 10.2. The maximum absolute atomic E-state index is 12.2. The Morgan fingerprint density at radius 3 is 2.71 bits per heavy atom. The van der Waals surface area contributed by atoms with Crippen molar-refractivity contribution in [3.05, 3.63) is 22.2 Å². The summed E-state index contributed by atoms with van der Waals surface area (Å²) in [6.07, 6.45) is 0.856. The lowest BCUT2D eigenvalue weighted by Crippen LogP contribution is -2.40. The van der Waals surface area contributed by atoms with Gasteiger partial charge in [0.15, 0.2) is 0 Å². The number of carbonyl (C=O) groups excluding carboxylic acids is 1. The van der Waals surface area contributed by atoms with Gasteiger partial charge in [-0.2, -0.15) is 0 Å². The molecule has 0 aliphatic heterocycles. The topological polar surface area (TPSA) is 67.6 Å². The number of benzene rings is 1. The van der Waals surface area contributed by atoms with Crippen molar-refractivity contribution >= 4 is 40.5 Å². The SMILES string of the molecule is COCCCN(C)C(C)C(=O)Nc1c(N)cc(Cl)cc1Cl. The molecule has 118 valence electrons. The van der Waals surface area contributed by atoms with Crippen molar-refractivity contribution in [2.24, 2.45) is 0 Å². The fourth-order valence-electron chi connectivity index (χ4n) is 1.81. The third-order valence-electron chi connectivity index (χ3n) is 3.23. The van der Waals surface area contributed by atoms with Crippen molar-refractivity contribution in [1.29, 1.82) is 0 Å². The highest BCUT2D eigenvalue weighted by Gasteiger charge is 2.19. The van der Waals surface area contributed by atoms with Crippen LogP contribution in [-0.4, -0.2) is 44.2 Å². The smallest absolute Gasteiger partial charge is 0.241 e. The van der Waals surface area contributed by atoms with E-state index in [9.17, 15) is 4.79 Å². The normalized spacial score (nSPS) is 12.5. The molecule has 0 bridgehead atoms. The summed E-state index contributed by atoms with van der Waals surface area (Å²) in [6.45, 7) is 3.24. The summed E-state index contributed by atoms with van der Waals surface area (Å²) in [6, 6.07) is 2.78. The van der Waals surface area contributed by atoms with Gasteiger partial charge in [-0.15, -0.1) is 0 Å². The number of amides is 1. The van der Waals surface area contributed by atoms with E-state index in [1.165, 1.54) is 0 Å². The predicted octanol–water partition coefficient (Wildman–Crippen LogP) is 2.87. The van der Waals surface area contributed by atoms with Crippen LogP contribution in [0.3, 0.4) is 0 Å². The predicted molar refractivity (Wildman–Crippen MR) is 88.1 cm³/mol. The minimum atomic E-state index is -0.312. The molecule has 5 nitrogen and oxygen atoms in total. The van der Waals surface area contributed by atoms with E-state index < -0.39 is 0 Å². The third-order valence-corrected chi connectivity index (χ3v) is 3.75. The van der Waals surface area contributed by atoms with Crippen LogP contribution < -0.4 is 11.1 Å². The maximum atomic E-state index is 12.2. The molecular formula is C14H21Cl2N3O2. The summed E-state index contributed by atoms with van der Waals surface area (Å²) in [7, 11) is 3.54. The van der Waals surface area contributed by atoms with Crippen molar-refractivity contribution < 1.29 is 9.53 Å². The van der Waals surface area contributed by atoms with Crippen LogP contribution in [-0.2, 0) is 9.53 Å². The molecular weight excluding hydrogens is 313 g/mol. The highest BCUT2D eigenvalue weighted by atomic mass is 35.5. The molecule has 0 aliphatic rings. The van der Waals surface area contributed by atoms with Crippen LogP contribution in [0.15, 0.2) is 12.1 Å². The van der Waals surface area contributed by atoms with Gasteiger partial charge in [0.1, 0.15) is 0 Å². The quantitative estimate of drug-likeness (QED) is 0.594. The molecule has 0 spiro atoms. The monoisotopic (exact) mass is 333 g/mol. The van der Waals surface area contributed by atoms with Crippen LogP contribution in [0.2, 0.25) is 10.0 Å². The molecule has 0 aliphatic carbocycles. The van der Waals surface area contributed by atoms with Gasteiger partial charge >= 0.3 is 0 Å². The number of hydrogen-bond acceptors (Lipinski definition) is 4. The Hall–Kier alpha value is -1.01. The molecule has 3 N–H and O–H groups in total. The Morgan fingerprint density at radius 2 is 2.14 bits per heavy atom. The van der Waals surface area contributed by atoms with E-state index in [1.54, 1.807) is 19.2 Å². The van der Waals surface area contributed by atoms with E-state index in [4.69, 9.17) is 33.7 Å². The first-order valence-electron chi connectivity index (χ1n) is 6.61. The summed E-state index contributed by atoms with van der Waals surface area (Å²) in [5.74, 6) is -0.175. The van der Waals surface area contributed by atoms with E-state index in [1.807, 2.05) is 18.9 Å². The maximum Gasteiger partial charge on any atom is 0.241 e. The summed E-state index contributed by atoms with van der Waals surface area (Å²) in [4.78, 5) is 14.2. The van der Waals surface area contributed by atoms with Crippen molar-refractivity contribution in [3.63, 3.8) is 0 Å². The second kappa shape index (κ2) is 8.44. The number of hydrogen-bond donors (Lipinski definition) is 2. The van der Waals surface area contributed by atoms with Crippen LogP contribution in [0, 0.1) is 0 Å². The van der Waals surface area contributed by atoms with Gasteiger partial charge < -0.3 is 15.8 Å². The van der Waals surface area contributed by atoms with Gasteiger partial charge in [0.05, 0.1) is 22.4 Å². The zero-order valence-electron chi connectivity index (χ0n) is 12.5. The molecule has 1 aromatic rings. The second-order valence-electron chi connectivity index (χ2n) is 4.84. The number of nitrogens with one attached hydrogen (secondary N) is 1. The molecule has 1 amide bonds. The van der Waals surface area contributed by atoms with E-state index in [2.05, 4.69) is 5.32 Å². The molecule has 1 aromatic carbocycles. The summed E-state index contributed by atoms with van der Waals surface area (Å²) >= 11 is 11.9. The second-order valence-corrected chi connectivity index (χ2v) is 5.69. The number of methoxy groups -OCH3 is 1. The van der Waals surface area contributed by atoms with Crippen LogP contribution in [0.25, 0.3) is 0 Å². The molecule has 1 unspecified atom stereocenters. The van der Waals surface area contributed by atoms with Gasteiger partial charge in [-0.25, -0.2) is 0 Å². The lowest BCUT2D eigenvalue weighted by Gasteiger charge is -2.24. The summed E-state index contributed by atoms with van der Waals surface area (Å²) in [5.41, 5.74) is 6.57. The lowest BCUT2D eigenvalue weighted by molar-refractivity contribution is -0.120. The number of ether oxygens (including phenoxy) is 1. The minimum absolute atomic E-state index is 0.175. The molecule has 0 saturated carbocycles. The molecule has 0 saturated heterocycles. The Kier molecular flexibility index (Phi) is 7.25. The van der Waals surface area contributed by atoms with E-state index in [-0.39, 0.29) is 11.9 Å². The van der Waals surface area contributed by atoms with Crippen molar-refractivity contribution in [3.8, 4) is 0 Å².